The molecule has 4 nitrogen and oxygen atoms in total. The second kappa shape index (κ2) is 5.79. The number of hydrogen-bond acceptors (Lipinski definition) is 3. The van der Waals surface area contributed by atoms with E-state index >= 15 is 0 Å². The minimum atomic E-state index is -3.43. The van der Waals surface area contributed by atoms with Crippen LogP contribution in [0.3, 0.4) is 0 Å². The number of aliphatic hydroxyl groups is 1. The van der Waals surface area contributed by atoms with Crippen LogP contribution in [0.15, 0.2) is 12.1 Å². The van der Waals surface area contributed by atoms with Crippen LogP contribution in [-0.4, -0.2) is 36.2 Å². The average molecular weight is 345 g/mol. The van der Waals surface area contributed by atoms with Gasteiger partial charge in [-0.25, -0.2) is 17.2 Å². The Hall–Kier alpha value is -1.05. The molecule has 2 aliphatic rings. The zero-order valence-electron chi connectivity index (χ0n) is 13.1. The van der Waals surface area contributed by atoms with Gasteiger partial charge in [-0.15, -0.1) is 0 Å². The molecule has 0 amide bonds. The molecule has 1 aromatic carbocycles. The molecule has 1 saturated heterocycles. The molecule has 0 aromatic heterocycles. The molecule has 1 aromatic rings. The Balaban J connectivity index is 1.91. The number of rotatable bonds is 4. The summed E-state index contributed by atoms with van der Waals surface area (Å²) in [6.45, 7) is 1.42. The van der Waals surface area contributed by atoms with Gasteiger partial charge in [-0.3, -0.25) is 0 Å². The lowest BCUT2D eigenvalue weighted by molar-refractivity contribution is 0.251. The third-order valence-electron chi connectivity index (χ3n) is 5.06. The highest BCUT2D eigenvalue weighted by Crippen LogP contribution is 2.49. The van der Waals surface area contributed by atoms with Crippen LogP contribution >= 0.6 is 0 Å². The molecule has 3 rings (SSSR count). The Morgan fingerprint density at radius 1 is 1.30 bits per heavy atom. The topological polar surface area (TPSA) is 57.6 Å². The first-order valence-electron chi connectivity index (χ1n) is 7.88. The molecular formula is C16H21F2NO3S. The van der Waals surface area contributed by atoms with Crippen molar-refractivity contribution in [2.75, 3.05) is 12.4 Å². The molecule has 1 atom stereocenters. The fourth-order valence-electron chi connectivity index (χ4n) is 3.30. The van der Waals surface area contributed by atoms with E-state index in [-0.39, 0.29) is 36.1 Å². The first-order valence-corrected chi connectivity index (χ1v) is 9.49. The zero-order chi connectivity index (χ0) is 16.8. The van der Waals surface area contributed by atoms with Gasteiger partial charge in [0, 0.05) is 23.6 Å². The van der Waals surface area contributed by atoms with Gasteiger partial charge in [0.05, 0.1) is 12.4 Å². The van der Waals surface area contributed by atoms with Crippen molar-refractivity contribution in [3.05, 3.63) is 34.9 Å². The molecule has 23 heavy (non-hydrogen) atoms. The fraction of sp³-hybridized carbons (Fsp3) is 0.625. The van der Waals surface area contributed by atoms with Gasteiger partial charge in [0.2, 0.25) is 10.0 Å². The highest BCUT2D eigenvalue weighted by Gasteiger charge is 2.46. The second-order valence-electron chi connectivity index (χ2n) is 6.71. The van der Waals surface area contributed by atoms with Crippen LogP contribution < -0.4 is 0 Å². The summed E-state index contributed by atoms with van der Waals surface area (Å²) in [6, 6.07) is 1.98. The first-order chi connectivity index (χ1) is 10.8. The Morgan fingerprint density at radius 3 is 2.57 bits per heavy atom. The molecule has 1 heterocycles. The van der Waals surface area contributed by atoms with Crippen molar-refractivity contribution in [2.45, 2.75) is 50.6 Å². The minimum absolute atomic E-state index is 0.0392. The van der Waals surface area contributed by atoms with Gasteiger partial charge < -0.3 is 5.11 Å². The van der Waals surface area contributed by atoms with Gasteiger partial charge in [0.25, 0.3) is 0 Å². The Bertz CT molecular complexity index is 716. The van der Waals surface area contributed by atoms with Crippen LogP contribution in [0.4, 0.5) is 8.78 Å². The normalized spacial score (nSPS) is 26.2. The van der Waals surface area contributed by atoms with Crippen molar-refractivity contribution in [2.24, 2.45) is 0 Å². The van der Waals surface area contributed by atoms with E-state index in [0.717, 1.165) is 18.6 Å². The van der Waals surface area contributed by atoms with E-state index < -0.39 is 27.1 Å². The van der Waals surface area contributed by atoms with Crippen LogP contribution in [0.2, 0.25) is 0 Å². The lowest BCUT2D eigenvalue weighted by atomic mass is 9.94. The van der Waals surface area contributed by atoms with Crippen molar-refractivity contribution in [1.82, 2.24) is 4.31 Å². The van der Waals surface area contributed by atoms with Gasteiger partial charge in [-0.1, -0.05) is 0 Å². The van der Waals surface area contributed by atoms with Gasteiger partial charge in [0.15, 0.2) is 0 Å². The predicted molar refractivity (Wildman–Crippen MR) is 82.4 cm³/mol. The molecule has 1 N–H and O–H groups in total. The largest absolute Gasteiger partial charge is 0.395 e. The zero-order valence-corrected chi connectivity index (χ0v) is 13.9. The summed E-state index contributed by atoms with van der Waals surface area (Å²) in [4.78, 5) is 0. The van der Waals surface area contributed by atoms with Gasteiger partial charge >= 0.3 is 0 Å². The summed E-state index contributed by atoms with van der Waals surface area (Å²) in [5.41, 5.74) is -0.429. The smallest absolute Gasteiger partial charge is 0.214 e. The maximum Gasteiger partial charge on any atom is 0.214 e. The Kier molecular flexibility index (Phi) is 4.23. The summed E-state index contributed by atoms with van der Waals surface area (Å²) in [5, 5.41) is 9.38. The van der Waals surface area contributed by atoms with Crippen molar-refractivity contribution >= 4 is 10.0 Å². The number of aliphatic hydroxyl groups excluding tert-OH is 1. The van der Waals surface area contributed by atoms with Crippen molar-refractivity contribution in [3.63, 3.8) is 0 Å². The SMILES string of the molecule is C[C@H]1CCCS(=O)(=O)N1Cc1cc(F)c(C2(CO)CC2)cc1F. The monoisotopic (exact) mass is 345 g/mol. The number of nitrogens with zero attached hydrogens (tertiary/aromatic N) is 1. The maximum atomic E-state index is 14.4. The molecule has 2 fully saturated rings. The third kappa shape index (κ3) is 3.02. The number of sulfonamides is 1. The average Bonchev–Trinajstić information content (AvgIpc) is 3.27. The summed E-state index contributed by atoms with van der Waals surface area (Å²) in [7, 11) is -3.43. The van der Waals surface area contributed by atoms with E-state index in [1.807, 2.05) is 0 Å². The predicted octanol–water partition coefficient (Wildman–Crippen LogP) is 2.30. The van der Waals surface area contributed by atoms with Crippen molar-refractivity contribution < 1.29 is 22.3 Å². The molecule has 0 spiro atoms. The third-order valence-corrected chi connectivity index (χ3v) is 7.07. The molecule has 128 valence electrons. The van der Waals surface area contributed by atoms with Crippen LogP contribution in [0, 0.1) is 11.6 Å². The Labute approximate surface area is 135 Å². The number of benzene rings is 1. The number of halogens is 2. The van der Waals surface area contributed by atoms with E-state index in [4.69, 9.17) is 0 Å². The molecule has 0 radical (unpaired) electrons. The second-order valence-corrected chi connectivity index (χ2v) is 8.76. The van der Waals surface area contributed by atoms with Gasteiger partial charge in [-0.05, 0) is 50.3 Å². The summed E-state index contributed by atoms with van der Waals surface area (Å²) >= 11 is 0. The first kappa shape index (κ1) is 16.8. The lowest BCUT2D eigenvalue weighted by Crippen LogP contribution is -2.43. The van der Waals surface area contributed by atoms with Crippen LogP contribution in [0.5, 0.6) is 0 Å². The van der Waals surface area contributed by atoms with Crippen molar-refractivity contribution in [3.8, 4) is 0 Å². The Morgan fingerprint density at radius 2 is 2.00 bits per heavy atom. The highest BCUT2D eigenvalue weighted by molar-refractivity contribution is 7.89. The fourth-order valence-corrected chi connectivity index (χ4v) is 5.05. The number of hydrogen-bond donors (Lipinski definition) is 1. The molecule has 1 aliphatic carbocycles. The molecule has 0 unspecified atom stereocenters. The molecule has 0 bridgehead atoms. The summed E-state index contributed by atoms with van der Waals surface area (Å²) in [6.07, 6.45) is 2.58. The van der Waals surface area contributed by atoms with Crippen LogP contribution in [0.1, 0.15) is 43.7 Å². The molecule has 1 saturated carbocycles. The van der Waals surface area contributed by atoms with Crippen molar-refractivity contribution in [1.29, 1.82) is 0 Å². The van der Waals surface area contributed by atoms with Crippen LogP contribution in [0.25, 0.3) is 0 Å². The standard InChI is InChI=1S/C16H21F2NO3S/c1-11-3-2-6-23(21,22)19(11)9-12-7-15(18)13(8-14(12)17)16(10-20)4-5-16/h7-8,11,20H,2-6,9-10H2,1H3/t11-/m0/s1. The van der Waals surface area contributed by atoms with Gasteiger partial charge in [-0.2, -0.15) is 4.31 Å². The maximum absolute atomic E-state index is 14.4. The summed E-state index contributed by atoms with van der Waals surface area (Å²) in [5.74, 6) is -1.14. The highest BCUT2D eigenvalue weighted by atomic mass is 32.2. The van der Waals surface area contributed by atoms with E-state index in [0.29, 0.717) is 19.3 Å². The van der Waals surface area contributed by atoms with E-state index in [1.165, 1.54) is 4.31 Å². The molecule has 7 heteroatoms. The van der Waals surface area contributed by atoms with E-state index in [9.17, 15) is 22.3 Å². The van der Waals surface area contributed by atoms with Crippen LogP contribution in [-0.2, 0) is 22.0 Å². The van der Waals surface area contributed by atoms with Gasteiger partial charge in [0.1, 0.15) is 11.6 Å². The molecular weight excluding hydrogens is 324 g/mol. The molecule has 1 aliphatic heterocycles. The summed E-state index contributed by atoms with van der Waals surface area (Å²) < 4.78 is 54.3. The van der Waals surface area contributed by atoms with E-state index in [1.54, 1.807) is 6.92 Å². The lowest BCUT2D eigenvalue weighted by Gasteiger charge is -2.32. The minimum Gasteiger partial charge on any atom is -0.395 e. The quantitative estimate of drug-likeness (QED) is 0.911. The van der Waals surface area contributed by atoms with E-state index in [2.05, 4.69) is 0 Å².